The van der Waals surface area contributed by atoms with Gasteiger partial charge in [-0.15, -0.1) is 6.58 Å². The summed E-state index contributed by atoms with van der Waals surface area (Å²) in [6.07, 6.45) is 1.61. The largest absolute Gasteiger partial charge is 0.311 e. The summed E-state index contributed by atoms with van der Waals surface area (Å²) in [5, 5.41) is 2.68. The zero-order valence-corrected chi connectivity index (χ0v) is 17.4. The summed E-state index contributed by atoms with van der Waals surface area (Å²) in [7, 11) is -4.00. The van der Waals surface area contributed by atoms with E-state index in [4.69, 9.17) is 0 Å². The van der Waals surface area contributed by atoms with E-state index in [2.05, 4.69) is 21.9 Å². The number of fused-ring (bicyclic) bond motifs is 2. The number of carbonyl (C=O) groups excluding carboxylic acids is 1. The molecule has 30 heavy (non-hydrogen) atoms. The quantitative estimate of drug-likeness (QED) is 0.495. The van der Waals surface area contributed by atoms with E-state index in [1.54, 1.807) is 47.0 Å². The minimum absolute atomic E-state index is 0.0725. The summed E-state index contributed by atoms with van der Waals surface area (Å²) in [4.78, 5) is 21.3. The van der Waals surface area contributed by atoms with Crippen LogP contribution in [0, 0.1) is 6.92 Å². The van der Waals surface area contributed by atoms with Gasteiger partial charge in [0.15, 0.2) is 5.65 Å². The Hall–Kier alpha value is -3.52. The molecule has 8 heteroatoms. The molecule has 2 aromatic heterocycles. The van der Waals surface area contributed by atoms with Crippen LogP contribution in [0.4, 0.5) is 5.82 Å². The van der Waals surface area contributed by atoms with Crippen molar-refractivity contribution in [3.63, 3.8) is 0 Å². The van der Waals surface area contributed by atoms with Gasteiger partial charge in [-0.1, -0.05) is 35.9 Å². The van der Waals surface area contributed by atoms with Gasteiger partial charge < -0.3 is 9.88 Å². The average Bonchev–Trinajstić information content (AvgIpc) is 2.99. The molecular weight excluding hydrogens is 400 g/mol. The van der Waals surface area contributed by atoms with E-state index in [0.717, 1.165) is 5.56 Å². The van der Waals surface area contributed by atoms with Crippen molar-refractivity contribution in [2.75, 3.05) is 5.32 Å². The van der Waals surface area contributed by atoms with Crippen molar-refractivity contribution < 1.29 is 13.2 Å². The molecule has 0 spiro atoms. The molecule has 0 fully saturated rings. The molecule has 0 bridgehead atoms. The van der Waals surface area contributed by atoms with Crippen LogP contribution in [-0.2, 0) is 21.2 Å². The average molecular weight is 420 g/mol. The SMILES string of the molecule is C=CCn1c(NC(C)=O)c(S(=O)(=O)c2ccc(C)cc2)c2nc3ccccc3nc21. The fourth-order valence-electron chi connectivity index (χ4n) is 3.36. The van der Waals surface area contributed by atoms with Crippen LogP contribution in [0.2, 0.25) is 0 Å². The third-order valence-electron chi connectivity index (χ3n) is 4.71. The maximum Gasteiger partial charge on any atom is 0.222 e. The summed E-state index contributed by atoms with van der Waals surface area (Å²) in [5.41, 5.74) is 2.70. The van der Waals surface area contributed by atoms with Gasteiger partial charge in [-0.2, -0.15) is 0 Å². The molecule has 4 aromatic rings. The Bertz CT molecular complexity index is 1400. The number of amides is 1. The van der Waals surface area contributed by atoms with E-state index in [-0.39, 0.29) is 27.7 Å². The van der Waals surface area contributed by atoms with Crippen molar-refractivity contribution in [3.05, 3.63) is 66.7 Å². The molecule has 2 heterocycles. The van der Waals surface area contributed by atoms with Crippen molar-refractivity contribution in [2.45, 2.75) is 30.2 Å². The Morgan fingerprint density at radius 3 is 2.33 bits per heavy atom. The van der Waals surface area contributed by atoms with Crippen LogP contribution in [0.15, 0.2) is 71.0 Å². The number of aromatic nitrogens is 3. The minimum Gasteiger partial charge on any atom is -0.311 e. The number of anilines is 1. The van der Waals surface area contributed by atoms with E-state index >= 15 is 0 Å². The molecule has 7 nitrogen and oxygen atoms in total. The van der Waals surface area contributed by atoms with E-state index in [1.165, 1.54) is 6.92 Å². The number of hydrogen-bond donors (Lipinski definition) is 1. The third kappa shape index (κ3) is 3.25. The van der Waals surface area contributed by atoms with Crippen LogP contribution in [0.3, 0.4) is 0 Å². The second-order valence-corrected chi connectivity index (χ2v) is 8.85. The molecule has 0 aliphatic heterocycles. The first-order chi connectivity index (χ1) is 14.3. The number of hydrogen-bond acceptors (Lipinski definition) is 5. The topological polar surface area (TPSA) is 94.0 Å². The van der Waals surface area contributed by atoms with E-state index in [1.807, 2.05) is 19.1 Å². The predicted molar refractivity (Wildman–Crippen MR) is 116 cm³/mol. The maximum absolute atomic E-state index is 13.7. The minimum atomic E-state index is -4.00. The maximum atomic E-state index is 13.7. The lowest BCUT2D eigenvalue weighted by Crippen LogP contribution is -2.14. The number of rotatable bonds is 5. The number of para-hydroxylation sites is 2. The molecule has 0 aliphatic carbocycles. The number of nitrogens with zero attached hydrogens (tertiary/aromatic N) is 3. The predicted octanol–water partition coefficient (Wildman–Crippen LogP) is 3.87. The van der Waals surface area contributed by atoms with Crippen LogP contribution >= 0.6 is 0 Å². The lowest BCUT2D eigenvalue weighted by molar-refractivity contribution is -0.114. The molecule has 0 aliphatic rings. The number of benzene rings is 2. The normalized spacial score (nSPS) is 11.7. The molecular formula is C22H20N4O3S. The van der Waals surface area contributed by atoms with Gasteiger partial charge in [0.2, 0.25) is 15.7 Å². The number of carbonyl (C=O) groups is 1. The second kappa shape index (κ2) is 7.38. The standard InChI is InChI=1S/C22H20N4O3S/c1-4-13-26-21-19(24-17-7-5-6-8-18(17)25-21)20(22(26)23-15(3)27)30(28,29)16-11-9-14(2)10-12-16/h4-12H,1,13H2,2-3H3,(H,23,27). The molecule has 2 aromatic carbocycles. The molecule has 152 valence electrons. The summed E-state index contributed by atoms with van der Waals surface area (Å²) in [5.74, 6) is -0.263. The van der Waals surface area contributed by atoms with Crippen LogP contribution in [0.5, 0.6) is 0 Å². The van der Waals surface area contributed by atoms with Crippen molar-refractivity contribution in [1.82, 2.24) is 14.5 Å². The molecule has 0 radical (unpaired) electrons. The van der Waals surface area contributed by atoms with Gasteiger partial charge in [0.05, 0.1) is 15.9 Å². The van der Waals surface area contributed by atoms with Gasteiger partial charge in [-0.05, 0) is 31.2 Å². The lowest BCUT2D eigenvalue weighted by Gasteiger charge is -2.11. The van der Waals surface area contributed by atoms with Crippen LogP contribution in [-0.4, -0.2) is 28.9 Å². The first kappa shape index (κ1) is 19.8. The lowest BCUT2D eigenvalue weighted by atomic mass is 10.2. The number of nitrogens with one attached hydrogen (secondary N) is 1. The van der Waals surface area contributed by atoms with Gasteiger partial charge in [0, 0.05) is 13.5 Å². The van der Waals surface area contributed by atoms with Crippen molar-refractivity contribution in [2.24, 2.45) is 0 Å². The summed E-state index contributed by atoms with van der Waals surface area (Å²) in [6, 6.07) is 13.8. The van der Waals surface area contributed by atoms with Gasteiger partial charge in [0.25, 0.3) is 0 Å². The van der Waals surface area contributed by atoms with Gasteiger partial charge >= 0.3 is 0 Å². The Kier molecular flexibility index (Phi) is 4.87. The molecule has 0 atom stereocenters. The highest BCUT2D eigenvalue weighted by atomic mass is 32.2. The zero-order valence-electron chi connectivity index (χ0n) is 16.6. The number of sulfone groups is 1. The van der Waals surface area contributed by atoms with Gasteiger partial charge in [-0.25, -0.2) is 18.4 Å². The van der Waals surface area contributed by atoms with Crippen LogP contribution < -0.4 is 5.32 Å². The van der Waals surface area contributed by atoms with Crippen molar-refractivity contribution in [1.29, 1.82) is 0 Å². The first-order valence-electron chi connectivity index (χ1n) is 9.32. The van der Waals surface area contributed by atoms with Crippen LogP contribution in [0.1, 0.15) is 12.5 Å². The monoisotopic (exact) mass is 420 g/mol. The number of aryl methyl sites for hydroxylation is 1. The van der Waals surface area contributed by atoms with Gasteiger partial charge in [-0.3, -0.25) is 4.79 Å². The Morgan fingerprint density at radius 1 is 1.10 bits per heavy atom. The van der Waals surface area contributed by atoms with Gasteiger partial charge in [0.1, 0.15) is 16.2 Å². The fraction of sp³-hybridized carbons (Fsp3) is 0.136. The first-order valence-corrected chi connectivity index (χ1v) is 10.8. The summed E-state index contributed by atoms with van der Waals surface area (Å²) < 4.78 is 28.9. The Morgan fingerprint density at radius 2 is 1.73 bits per heavy atom. The highest BCUT2D eigenvalue weighted by Crippen LogP contribution is 2.37. The highest BCUT2D eigenvalue weighted by molar-refractivity contribution is 7.92. The third-order valence-corrected chi connectivity index (χ3v) is 6.53. The smallest absolute Gasteiger partial charge is 0.222 e. The second-order valence-electron chi connectivity index (χ2n) is 6.96. The van der Waals surface area contributed by atoms with Crippen LogP contribution in [0.25, 0.3) is 22.2 Å². The Labute approximate surface area is 174 Å². The fourth-order valence-corrected chi connectivity index (χ4v) is 4.90. The molecule has 1 N–H and O–H groups in total. The van der Waals surface area contributed by atoms with Crippen molar-refractivity contribution in [3.8, 4) is 0 Å². The molecule has 0 saturated carbocycles. The highest BCUT2D eigenvalue weighted by Gasteiger charge is 2.31. The summed E-state index contributed by atoms with van der Waals surface area (Å²) >= 11 is 0. The Balaban J connectivity index is 2.15. The van der Waals surface area contributed by atoms with Crippen molar-refractivity contribution >= 4 is 43.8 Å². The van der Waals surface area contributed by atoms with E-state index in [9.17, 15) is 13.2 Å². The molecule has 1 amide bonds. The van der Waals surface area contributed by atoms with E-state index in [0.29, 0.717) is 16.7 Å². The molecule has 0 saturated heterocycles. The van der Waals surface area contributed by atoms with E-state index < -0.39 is 15.7 Å². The number of allylic oxidation sites excluding steroid dienone is 1. The zero-order chi connectivity index (χ0) is 21.5. The molecule has 0 unspecified atom stereocenters. The molecule has 4 rings (SSSR count). The summed E-state index contributed by atoms with van der Waals surface area (Å²) in [6.45, 7) is 7.22.